The first-order chi connectivity index (χ1) is 9.74. The number of anilines is 1. The third-order valence-corrected chi connectivity index (χ3v) is 5.13. The van der Waals surface area contributed by atoms with Crippen molar-refractivity contribution < 1.29 is 5.11 Å². The van der Waals surface area contributed by atoms with Crippen LogP contribution in [0.3, 0.4) is 0 Å². The molecule has 3 rings (SSSR count). The van der Waals surface area contributed by atoms with Gasteiger partial charge in [0.1, 0.15) is 0 Å². The fourth-order valence-electron chi connectivity index (χ4n) is 2.77. The van der Waals surface area contributed by atoms with Gasteiger partial charge in [0, 0.05) is 23.7 Å². The third-order valence-electron chi connectivity index (χ3n) is 3.80. The summed E-state index contributed by atoms with van der Waals surface area (Å²) < 4.78 is 0.738. The molecule has 1 N–H and O–H groups in total. The molecule has 0 radical (unpaired) electrons. The Kier molecular flexibility index (Phi) is 4.29. The monoisotopic (exact) mass is 307 g/mol. The van der Waals surface area contributed by atoms with Crippen molar-refractivity contribution in [1.82, 2.24) is 0 Å². The Morgan fingerprint density at radius 1 is 1.25 bits per heavy atom. The van der Waals surface area contributed by atoms with Crippen molar-refractivity contribution in [3.63, 3.8) is 0 Å². The summed E-state index contributed by atoms with van der Waals surface area (Å²) in [5.74, 6) is 0. The summed E-state index contributed by atoms with van der Waals surface area (Å²) in [5, 5.41) is 10.2. The second-order valence-corrected chi connectivity index (χ2v) is 6.91. The average molecular weight is 308 g/mol. The van der Waals surface area contributed by atoms with Crippen LogP contribution in [-0.2, 0) is 6.42 Å². The maximum absolute atomic E-state index is 10.2. The van der Waals surface area contributed by atoms with E-state index in [1.165, 1.54) is 29.0 Å². The van der Waals surface area contributed by atoms with Crippen LogP contribution in [0, 0.1) is 0 Å². The highest BCUT2D eigenvalue weighted by molar-refractivity contribution is 7.16. The molecule has 1 aromatic carbocycles. The molecule has 1 aliphatic heterocycles. The Morgan fingerprint density at radius 2 is 2.10 bits per heavy atom. The molecule has 2 nitrogen and oxygen atoms in total. The Bertz CT molecular complexity index is 583. The van der Waals surface area contributed by atoms with Crippen molar-refractivity contribution in [2.45, 2.75) is 25.4 Å². The predicted molar refractivity (Wildman–Crippen MR) is 85.9 cm³/mol. The Morgan fingerprint density at radius 3 is 2.90 bits per heavy atom. The van der Waals surface area contributed by atoms with Gasteiger partial charge in [-0.1, -0.05) is 29.8 Å². The van der Waals surface area contributed by atoms with E-state index in [0.29, 0.717) is 0 Å². The lowest BCUT2D eigenvalue weighted by atomic mass is 10.0. The quantitative estimate of drug-likeness (QED) is 0.911. The molecule has 1 atom stereocenters. The maximum atomic E-state index is 10.2. The lowest BCUT2D eigenvalue weighted by Crippen LogP contribution is -2.31. The summed E-state index contributed by atoms with van der Waals surface area (Å²) >= 11 is 7.38. The molecule has 1 aromatic heterocycles. The average Bonchev–Trinajstić information content (AvgIpc) is 2.91. The summed E-state index contributed by atoms with van der Waals surface area (Å²) in [6.07, 6.45) is 2.68. The van der Waals surface area contributed by atoms with Gasteiger partial charge in [-0.15, -0.1) is 11.3 Å². The van der Waals surface area contributed by atoms with E-state index >= 15 is 0 Å². The Labute approximate surface area is 128 Å². The standard InChI is InChI=1S/C16H18ClNOS/c17-16-8-7-15(20-16)14(19)9-11-18-10-3-5-12-4-1-2-6-13(12)18/h1-2,4,6-8,14,19H,3,5,9-11H2. The van der Waals surface area contributed by atoms with Crippen LogP contribution in [0.4, 0.5) is 5.69 Å². The van der Waals surface area contributed by atoms with Crippen molar-refractivity contribution >= 4 is 28.6 Å². The first-order valence-corrected chi connectivity index (χ1v) is 8.19. The Balaban J connectivity index is 1.65. The molecule has 0 saturated carbocycles. The summed E-state index contributed by atoms with van der Waals surface area (Å²) in [6.45, 7) is 1.96. The molecular formula is C16H18ClNOS. The van der Waals surface area contributed by atoms with E-state index in [1.807, 2.05) is 12.1 Å². The largest absolute Gasteiger partial charge is 0.388 e. The van der Waals surface area contributed by atoms with Crippen molar-refractivity contribution in [3.8, 4) is 0 Å². The molecule has 1 aliphatic rings. The number of halogens is 1. The zero-order valence-corrected chi connectivity index (χ0v) is 12.8. The molecule has 0 bridgehead atoms. The lowest BCUT2D eigenvalue weighted by molar-refractivity contribution is 0.173. The predicted octanol–water partition coefficient (Wildman–Crippen LogP) is 4.28. The van der Waals surface area contributed by atoms with Crippen molar-refractivity contribution in [2.75, 3.05) is 18.0 Å². The number of hydrogen-bond donors (Lipinski definition) is 1. The molecule has 0 fully saturated rings. The van der Waals surface area contributed by atoms with Gasteiger partial charge in [-0.3, -0.25) is 0 Å². The number of thiophene rings is 1. The van der Waals surface area contributed by atoms with E-state index in [-0.39, 0.29) is 0 Å². The zero-order chi connectivity index (χ0) is 13.9. The summed E-state index contributed by atoms with van der Waals surface area (Å²) in [4.78, 5) is 3.34. The number of nitrogens with zero attached hydrogens (tertiary/aromatic N) is 1. The topological polar surface area (TPSA) is 23.5 Å². The summed E-state index contributed by atoms with van der Waals surface area (Å²) in [5.41, 5.74) is 2.75. The second-order valence-electron chi connectivity index (χ2n) is 5.17. The van der Waals surface area contributed by atoms with E-state index in [4.69, 9.17) is 11.6 Å². The maximum Gasteiger partial charge on any atom is 0.0932 e. The molecule has 0 amide bonds. The minimum atomic E-state index is -0.415. The number of aryl methyl sites for hydroxylation is 1. The molecule has 2 heterocycles. The zero-order valence-electron chi connectivity index (χ0n) is 11.3. The minimum absolute atomic E-state index is 0.415. The minimum Gasteiger partial charge on any atom is -0.388 e. The van der Waals surface area contributed by atoms with Crippen LogP contribution in [0.15, 0.2) is 36.4 Å². The smallest absolute Gasteiger partial charge is 0.0932 e. The fourth-order valence-corrected chi connectivity index (χ4v) is 3.85. The van der Waals surface area contributed by atoms with Gasteiger partial charge in [-0.25, -0.2) is 0 Å². The number of hydrogen-bond acceptors (Lipinski definition) is 3. The highest BCUT2D eigenvalue weighted by atomic mass is 35.5. The third kappa shape index (κ3) is 3.00. The molecule has 1 unspecified atom stereocenters. The van der Waals surface area contributed by atoms with Crippen LogP contribution in [0.2, 0.25) is 4.34 Å². The summed E-state index contributed by atoms with van der Waals surface area (Å²) in [7, 11) is 0. The lowest BCUT2D eigenvalue weighted by Gasteiger charge is -2.31. The van der Waals surface area contributed by atoms with Gasteiger partial charge in [-0.05, 0) is 43.0 Å². The Hall–Kier alpha value is -1.03. The van der Waals surface area contributed by atoms with Crippen molar-refractivity contribution in [3.05, 3.63) is 51.2 Å². The molecule has 20 heavy (non-hydrogen) atoms. The summed E-state index contributed by atoms with van der Waals surface area (Å²) in [6, 6.07) is 12.3. The normalized spacial score (nSPS) is 16.0. The van der Waals surface area contributed by atoms with Crippen molar-refractivity contribution in [1.29, 1.82) is 0 Å². The number of aliphatic hydroxyl groups excluding tert-OH is 1. The molecule has 4 heteroatoms. The van der Waals surface area contributed by atoms with Crippen LogP contribution in [-0.4, -0.2) is 18.2 Å². The number of aliphatic hydroxyl groups is 1. The van der Waals surface area contributed by atoms with E-state index in [0.717, 1.165) is 35.1 Å². The van der Waals surface area contributed by atoms with Crippen molar-refractivity contribution in [2.24, 2.45) is 0 Å². The van der Waals surface area contributed by atoms with E-state index in [1.54, 1.807) is 0 Å². The molecule has 0 aliphatic carbocycles. The first kappa shape index (κ1) is 13.9. The molecule has 0 spiro atoms. The van der Waals surface area contributed by atoms with Gasteiger partial charge in [-0.2, -0.15) is 0 Å². The van der Waals surface area contributed by atoms with Crippen LogP contribution in [0.5, 0.6) is 0 Å². The second kappa shape index (κ2) is 6.17. The van der Waals surface area contributed by atoms with Gasteiger partial charge < -0.3 is 10.0 Å². The molecule has 2 aromatic rings. The van der Waals surface area contributed by atoms with Gasteiger partial charge in [0.15, 0.2) is 0 Å². The molecule has 106 valence electrons. The first-order valence-electron chi connectivity index (χ1n) is 7.00. The highest BCUT2D eigenvalue weighted by Crippen LogP contribution is 2.31. The molecule has 0 saturated heterocycles. The molecular weight excluding hydrogens is 290 g/mol. The number of benzene rings is 1. The van der Waals surface area contributed by atoms with E-state index in [9.17, 15) is 5.11 Å². The van der Waals surface area contributed by atoms with E-state index < -0.39 is 6.10 Å². The van der Waals surface area contributed by atoms with Crippen LogP contribution >= 0.6 is 22.9 Å². The van der Waals surface area contributed by atoms with Crippen LogP contribution in [0.1, 0.15) is 29.4 Å². The van der Waals surface area contributed by atoms with Gasteiger partial charge >= 0.3 is 0 Å². The number of rotatable bonds is 4. The van der Waals surface area contributed by atoms with Crippen LogP contribution in [0.25, 0.3) is 0 Å². The fraction of sp³-hybridized carbons (Fsp3) is 0.375. The van der Waals surface area contributed by atoms with Gasteiger partial charge in [0.2, 0.25) is 0 Å². The van der Waals surface area contributed by atoms with E-state index in [2.05, 4.69) is 29.2 Å². The van der Waals surface area contributed by atoms with Gasteiger partial charge in [0.25, 0.3) is 0 Å². The number of fused-ring (bicyclic) bond motifs is 1. The van der Waals surface area contributed by atoms with Crippen LogP contribution < -0.4 is 4.90 Å². The van der Waals surface area contributed by atoms with Gasteiger partial charge in [0.05, 0.1) is 10.4 Å². The SMILES string of the molecule is OC(CCN1CCCc2ccccc21)c1ccc(Cl)s1. The number of para-hydroxylation sites is 1. The highest BCUT2D eigenvalue weighted by Gasteiger charge is 2.18.